The van der Waals surface area contributed by atoms with Gasteiger partial charge in [-0.15, -0.1) is 0 Å². The van der Waals surface area contributed by atoms with Gasteiger partial charge in [0.15, 0.2) is 0 Å². The van der Waals surface area contributed by atoms with E-state index in [0.717, 1.165) is 36.5 Å². The summed E-state index contributed by atoms with van der Waals surface area (Å²) in [7, 11) is 2.02. The maximum Gasteiger partial charge on any atom is 0.0837 e. The lowest BCUT2D eigenvalue weighted by Crippen LogP contribution is -2.53. The molecule has 4 heteroatoms. The van der Waals surface area contributed by atoms with Gasteiger partial charge >= 0.3 is 0 Å². The summed E-state index contributed by atoms with van der Waals surface area (Å²) in [5.41, 5.74) is 1.10. The molecule has 3 nitrogen and oxygen atoms in total. The predicted molar refractivity (Wildman–Crippen MR) is 83.2 cm³/mol. The van der Waals surface area contributed by atoms with E-state index in [1.165, 1.54) is 19.3 Å². The molecule has 0 radical (unpaired) electrons. The minimum absolute atomic E-state index is 0.0473. The third kappa shape index (κ3) is 3.51. The molecule has 1 atom stereocenters. The van der Waals surface area contributed by atoms with E-state index in [4.69, 9.17) is 16.3 Å². The third-order valence-corrected chi connectivity index (χ3v) is 4.74. The maximum atomic E-state index is 6.26. The Hall–Kier alpha value is -0.640. The molecular formula is C16H25ClN2O. The van der Waals surface area contributed by atoms with Crippen LogP contribution >= 0.6 is 11.6 Å². The molecule has 1 aliphatic rings. The Morgan fingerprint density at radius 3 is 2.75 bits per heavy atom. The zero-order chi connectivity index (χ0) is 14.4. The van der Waals surface area contributed by atoms with E-state index >= 15 is 0 Å². The minimum Gasteiger partial charge on any atom is -0.374 e. The average molecular weight is 297 g/mol. The zero-order valence-corrected chi connectivity index (χ0v) is 13.2. The molecule has 1 aromatic rings. The second kappa shape index (κ2) is 7.39. The Labute approximate surface area is 127 Å². The van der Waals surface area contributed by atoms with Crippen LogP contribution in [0.25, 0.3) is 0 Å². The first-order chi connectivity index (χ1) is 9.72. The summed E-state index contributed by atoms with van der Waals surface area (Å²) in [4.78, 5) is 4.06. The number of likely N-dealkylation sites (N-methyl/N-ethyl adjacent to an activating group) is 1. The zero-order valence-electron chi connectivity index (χ0n) is 12.5. The van der Waals surface area contributed by atoms with Crippen LogP contribution in [-0.2, 0) is 11.2 Å². The molecule has 0 spiro atoms. The van der Waals surface area contributed by atoms with Gasteiger partial charge in [0.1, 0.15) is 0 Å². The summed E-state index contributed by atoms with van der Waals surface area (Å²) < 4.78 is 6.21. The SMILES string of the molecule is CCOC1(C(Cc2ccncc2Cl)NC)CCCCC1. The van der Waals surface area contributed by atoms with Gasteiger partial charge in [-0.1, -0.05) is 30.9 Å². The second-order valence-corrected chi connectivity index (χ2v) is 5.98. The molecule has 1 aromatic heterocycles. The van der Waals surface area contributed by atoms with Gasteiger partial charge < -0.3 is 10.1 Å². The molecule has 2 rings (SSSR count). The predicted octanol–water partition coefficient (Wildman–Crippen LogP) is 3.60. The molecule has 0 bridgehead atoms. The van der Waals surface area contributed by atoms with E-state index < -0.39 is 0 Å². The summed E-state index contributed by atoms with van der Waals surface area (Å²) in [6.07, 6.45) is 10.5. The van der Waals surface area contributed by atoms with Crippen LogP contribution in [-0.4, -0.2) is 30.3 Å². The van der Waals surface area contributed by atoms with Crippen molar-refractivity contribution in [1.29, 1.82) is 0 Å². The highest BCUT2D eigenvalue weighted by atomic mass is 35.5. The number of hydrogen-bond acceptors (Lipinski definition) is 3. The van der Waals surface area contributed by atoms with Gasteiger partial charge in [-0.2, -0.15) is 0 Å². The van der Waals surface area contributed by atoms with E-state index in [9.17, 15) is 0 Å². The number of ether oxygens (including phenoxy) is 1. The van der Waals surface area contributed by atoms with Gasteiger partial charge in [0, 0.05) is 25.0 Å². The van der Waals surface area contributed by atoms with Crippen LogP contribution in [0.3, 0.4) is 0 Å². The van der Waals surface area contributed by atoms with E-state index in [-0.39, 0.29) is 5.60 Å². The van der Waals surface area contributed by atoms with Gasteiger partial charge in [-0.3, -0.25) is 4.98 Å². The van der Waals surface area contributed by atoms with Gasteiger partial charge in [0.25, 0.3) is 0 Å². The Morgan fingerprint density at radius 2 is 2.15 bits per heavy atom. The summed E-state index contributed by atoms with van der Waals surface area (Å²) in [5.74, 6) is 0. The van der Waals surface area contributed by atoms with Crippen LogP contribution in [0, 0.1) is 0 Å². The fourth-order valence-electron chi connectivity index (χ4n) is 3.37. The molecule has 20 heavy (non-hydrogen) atoms. The second-order valence-electron chi connectivity index (χ2n) is 5.57. The van der Waals surface area contributed by atoms with Crippen molar-refractivity contribution in [1.82, 2.24) is 10.3 Å². The van der Waals surface area contributed by atoms with Crippen molar-refractivity contribution < 1.29 is 4.74 Å². The molecule has 0 aliphatic heterocycles. The summed E-state index contributed by atoms with van der Waals surface area (Å²) in [5, 5.41) is 4.21. The highest BCUT2D eigenvalue weighted by Gasteiger charge is 2.40. The molecule has 0 aromatic carbocycles. The Balaban J connectivity index is 2.18. The van der Waals surface area contributed by atoms with Crippen molar-refractivity contribution in [2.24, 2.45) is 0 Å². The summed E-state index contributed by atoms with van der Waals surface area (Å²) >= 11 is 6.26. The van der Waals surface area contributed by atoms with Crippen LogP contribution in [0.15, 0.2) is 18.5 Å². The molecule has 1 heterocycles. The number of aromatic nitrogens is 1. The van der Waals surface area contributed by atoms with Crippen molar-refractivity contribution >= 4 is 11.6 Å². The lowest BCUT2D eigenvalue weighted by Gasteiger charge is -2.43. The monoisotopic (exact) mass is 296 g/mol. The Bertz CT molecular complexity index is 413. The molecule has 1 saturated carbocycles. The molecule has 1 unspecified atom stereocenters. The van der Waals surface area contributed by atoms with E-state index in [0.29, 0.717) is 6.04 Å². The van der Waals surface area contributed by atoms with Crippen LogP contribution < -0.4 is 5.32 Å². The molecular weight excluding hydrogens is 272 g/mol. The van der Waals surface area contributed by atoms with Crippen LogP contribution in [0.5, 0.6) is 0 Å². The van der Waals surface area contributed by atoms with E-state index in [1.54, 1.807) is 6.20 Å². The molecule has 1 aliphatic carbocycles. The first-order valence-corrected chi connectivity index (χ1v) is 7.99. The Kier molecular flexibility index (Phi) is 5.82. The molecule has 0 saturated heterocycles. The molecule has 112 valence electrons. The normalized spacial score (nSPS) is 19.8. The van der Waals surface area contributed by atoms with Crippen molar-refractivity contribution in [3.8, 4) is 0 Å². The van der Waals surface area contributed by atoms with Crippen molar-refractivity contribution in [3.05, 3.63) is 29.0 Å². The van der Waals surface area contributed by atoms with E-state index in [2.05, 4.69) is 17.2 Å². The van der Waals surface area contributed by atoms with Gasteiger partial charge in [0.05, 0.1) is 10.6 Å². The van der Waals surface area contributed by atoms with Gasteiger partial charge in [-0.05, 0) is 44.9 Å². The van der Waals surface area contributed by atoms with Gasteiger partial charge in [0.2, 0.25) is 0 Å². The number of nitrogens with one attached hydrogen (secondary N) is 1. The third-order valence-electron chi connectivity index (χ3n) is 4.40. The summed E-state index contributed by atoms with van der Waals surface area (Å²) in [6.45, 7) is 2.85. The lowest BCUT2D eigenvalue weighted by atomic mass is 9.77. The standard InChI is InChI=1S/C16H25ClN2O/c1-3-20-16(8-5-4-6-9-16)15(18-2)11-13-7-10-19-12-14(13)17/h7,10,12,15,18H,3-6,8-9,11H2,1-2H3. The molecule has 1 N–H and O–H groups in total. The quantitative estimate of drug-likeness (QED) is 0.871. The Morgan fingerprint density at radius 1 is 1.40 bits per heavy atom. The number of hydrogen-bond donors (Lipinski definition) is 1. The lowest BCUT2D eigenvalue weighted by molar-refractivity contribution is -0.0883. The molecule has 1 fully saturated rings. The first-order valence-electron chi connectivity index (χ1n) is 7.61. The topological polar surface area (TPSA) is 34.1 Å². The van der Waals surface area contributed by atoms with Crippen molar-refractivity contribution in [3.63, 3.8) is 0 Å². The van der Waals surface area contributed by atoms with Crippen LogP contribution in [0.4, 0.5) is 0 Å². The minimum atomic E-state index is -0.0473. The number of halogens is 1. The fraction of sp³-hybridized carbons (Fsp3) is 0.688. The largest absolute Gasteiger partial charge is 0.374 e. The number of pyridine rings is 1. The first kappa shape index (κ1) is 15.7. The number of rotatable bonds is 6. The maximum absolute atomic E-state index is 6.26. The highest BCUT2D eigenvalue weighted by Crippen LogP contribution is 2.36. The van der Waals surface area contributed by atoms with Crippen LogP contribution in [0.2, 0.25) is 5.02 Å². The smallest absolute Gasteiger partial charge is 0.0837 e. The van der Waals surface area contributed by atoms with Crippen molar-refractivity contribution in [2.75, 3.05) is 13.7 Å². The molecule has 0 amide bonds. The van der Waals surface area contributed by atoms with Crippen LogP contribution in [0.1, 0.15) is 44.6 Å². The summed E-state index contributed by atoms with van der Waals surface area (Å²) in [6, 6.07) is 2.30. The highest BCUT2D eigenvalue weighted by molar-refractivity contribution is 6.31. The average Bonchev–Trinajstić information content (AvgIpc) is 2.47. The van der Waals surface area contributed by atoms with Gasteiger partial charge in [-0.25, -0.2) is 0 Å². The van der Waals surface area contributed by atoms with E-state index in [1.807, 2.05) is 19.3 Å². The fourth-order valence-corrected chi connectivity index (χ4v) is 3.57. The van der Waals surface area contributed by atoms with Crippen molar-refractivity contribution in [2.45, 2.75) is 57.1 Å². The number of nitrogens with zero attached hydrogens (tertiary/aromatic N) is 1.